The summed E-state index contributed by atoms with van der Waals surface area (Å²) in [6.45, 7) is 8.15. The van der Waals surface area contributed by atoms with Gasteiger partial charge in [-0.05, 0) is 37.3 Å². The first-order valence-corrected chi connectivity index (χ1v) is 11.3. The third-order valence-corrected chi connectivity index (χ3v) is 6.76. The predicted molar refractivity (Wildman–Crippen MR) is 121 cm³/mol. The number of carbonyl (C=O) groups is 1. The van der Waals surface area contributed by atoms with Crippen LogP contribution < -0.4 is 5.32 Å². The number of anilines is 1. The average molecular weight is 423 g/mol. The molecule has 0 spiro atoms. The van der Waals surface area contributed by atoms with Gasteiger partial charge in [-0.3, -0.25) is 9.20 Å². The molecule has 156 valence electrons. The van der Waals surface area contributed by atoms with Crippen LogP contribution >= 0.6 is 11.8 Å². The van der Waals surface area contributed by atoms with Crippen molar-refractivity contribution in [1.82, 2.24) is 14.6 Å². The van der Waals surface area contributed by atoms with Gasteiger partial charge in [-0.25, -0.2) is 0 Å². The van der Waals surface area contributed by atoms with E-state index in [0.29, 0.717) is 6.42 Å². The van der Waals surface area contributed by atoms with Gasteiger partial charge in [-0.15, -0.1) is 10.2 Å². The first kappa shape index (κ1) is 20.5. The lowest BCUT2D eigenvalue weighted by Gasteiger charge is -2.18. The summed E-state index contributed by atoms with van der Waals surface area (Å²) in [7, 11) is 0. The molecule has 0 saturated heterocycles. The van der Waals surface area contributed by atoms with E-state index >= 15 is 0 Å². The lowest BCUT2D eigenvalue weighted by atomic mass is 10.0. The number of hydrogen-bond acceptors (Lipinski definition) is 5. The van der Waals surface area contributed by atoms with Crippen LogP contribution in [-0.2, 0) is 17.6 Å². The summed E-state index contributed by atoms with van der Waals surface area (Å²) in [6.07, 6.45) is 4.11. The first-order valence-electron chi connectivity index (χ1n) is 10.4. The molecule has 0 bridgehead atoms. The fourth-order valence-corrected chi connectivity index (χ4v) is 4.75. The molecule has 1 aromatic carbocycles. The van der Waals surface area contributed by atoms with Gasteiger partial charge in [0.2, 0.25) is 5.91 Å². The summed E-state index contributed by atoms with van der Waals surface area (Å²) in [5.74, 6) is 0.779. The van der Waals surface area contributed by atoms with Crippen molar-refractivity contribution >= 4 is 40.0 Å². The summed E-state index contributed by atoms with van der Waals surface area (Å²) in [4.78, 5) is 13.2. The molecule has 3 heterocycles. The quantitative estimate of drug-likeness (QED) is 0.403. The molecular formula is C23H26N4O2S. The van der Waals surface area contributed by atoms with Crippen molar-refractivity contribution in [3.8, 4) is 0 Å². The van der Waals surface area contributed by atoms with Gasteiger partial charge in [0.25, 0.3) is 0 Å². The summed E-state index contributed by atoms with van der Waals surface area (Å²) < 4.78 is 7.58. The lowest BCUT2D eigenvalue weighted by Crippen LogP contribution is -2.26. The molecule has 1 N–H and O–H groups in total. The third kappa shape index (κ3) is 3.58. The Morgan fingerprint density at radius 1 is 1.13 bits per heavy atom. The molecule has 0 aliphatic rings. The minimum Gasteiger partial charge on any atom is -0.463 e. The van der Waals surface area contributed by atoms with E-state index in [-0.39, 0.29) is 11.2 Å². The Labute approximate surface area is 180 Å². The molecule has 4 aromatic rings. The number of aromatic nitrogens is 3. The number of fused-ring (bicyclic) bond motifs is 3. The lowest BCUT2D eigenvalue weighted by molar-refractivity contribution is -0.115. The molecule has 1 unspecified atom stereocenters. The number of thioether (sulfide) groups is 1. The summed E-state index contributed by atoms with van der Waals surface area (Å²) in [5, 5.41) is 12.4. The monoisotopic (exact) mass is 422 g/mol. The fourth-order valence-electron chi connectivity index (χ4n) is 3.79. The molecule has 0 aliphatic carbocycles. The molecule has 4 rings (SSSR count). The Morgan fingerprint density at radius 3 is 2.53 bits per heavy atom. The van der Waals surface area contributed by atoms with E-state index in [0.717, 1.165) is 57.1 Å². The number of nitrogens with zero attached hydrogens (tertiary/aromatic N) is 3. The Balaban J connectivity index is 1.65. The van der Waals surface area contributed by atoms with Crippen LogP contribution in [0, 0.1) is 6.92 Å². The Morgan fingerprint density at radius 2 is 1.87 bits per heavy atom. The number of benzene rings is 1. The molecule has 0 radical (unpaired) electrons. The van der Waals surface area contributed by atoms with Gasteiger partial charge in [-0.2, -0.15) is 0 Å². The number of amides is 1. The maximum atomic E-state index is 13.2. The number of aryl methyl sites for hydroxylation is 3. The average Bonchev–Trinajstić information content (AvgIpc) is 3.35. The highest BCUT2D eigenvalue weighted by Crippen LogP contribution is 2.33. The SMILES string of the molecule is CCc1cccc(CC)c1NC(=O)C(CC)Sc1nnc(C)n2c1cc1occc12. The molecule has 1 amide bonds. The van der Waals surface area contributed by atoms with Crippen LogP contribution in [0.15, 0.2) is 46.0 Å². The number of furan rings is 1. The highest BCUT2D eigenvalue weighted by Gasteiger charge is 2.23. The second kappa shape index (κ2) is 8.52. The van der Waals surface area contributed by atoms with E-state index in [1.165, 1.54) is 11.8 Å². The van der Waals surface area contributed by atoms with Gasteiger partial charge in [0.05, 0.1) is 22.5 Å². The molecule has 7 heteroatoms. The fraction of sp³-hybridized carbons (Fsp3) is 0.348. The summed E-state index contributed by atoms with van der Waals surface area (Å²) >= 11 is 1.45. The van der Waals surface area contributed by atoms with E-state index in [1.807, 2.05) is 30.4 Å². The van der Waals surface area contributed by atoms with E-state index in [9.17, 15) is 4.79 Å². The van der Waals surface area contributed by atoms with Crippen LogP contribution in [0.2, 0.25) is 0 Å². The van der Waals surface area contributed by atoms with E-state index in [2.05, 4.69) is 47.6 Å². The zero-order valence-electron chi connectivity index (χ0n) is 17.7. The molecule has 0 aliphatic heterocycles. The van der Waals surface area contributed by atoms with Crippen molar-refractivity contribution < 1.29 is 9.21 Å². The van der Waals surface area contributed by atoms with Gasteiger partial charge in [0.15, 0.2) is 5.58 Å². The highest BCUT2D eigenvalue weighted by atomic mass is 32.2. The number of carbonyl (C=O) groups excluding carboxylic acids is 1. The van der Waals surface area contributed by atoms with Gasteiger partial charge in [0, 0.05) is 17.8 Å². The zero-order valence-corrected chi connectivity index (χ0v) is 18.5. The topological polar surface area (TPSA) is 72.4 Å². The summed E-state index contributed by atoms with van der Waals surface area (Å²) in [5.41, 5.74) is 5.93. The predicted octanol–water partition coefficient (Wildman–Crippen LogP) is 5.42. The molecule has 30 heavy (non-hydrogen) atoms. The normalized spacial score (nSPS) is 12.5. The van der Waals surface area contributed by atoms with Crippen LogP contribution in [-0.4, -0.2) is 25.8 Å². The van der Waals surface area contributed by atoms with Crippen LogP contribution in [0.1, 0.15) is 44.1 Å². The molecular weight excluding hydrogens is 396 g/mol. The summed E-state index contributed by atoms with van der Waals surface area (Å²) in [6, 6.07) is 10.1. The van der Waals surface area contributed by atoms with E-state index < -0.39 is 0 Å². The minimum absolute atomic E-state index is 0.00568. The largest absolute Gasteiger partial charge is 0.463 e. The van der Waals surface area contributed by atoms with Crippen molar-refractivity contribution in [2.24, 2.45) is 0 Å². The van der Waals surface area contributed by atoms with Gasteiger partial charge in [-0.1, -0.05) is 50.7 Å². The first-order chi connectivity index (χ1) is 14.6. The molecule has 0 fully saturated rings. The Hall–Kier alpha value is -2.80. The van der Waals surface area contributed by atoms with Crippen molar-refractivity contribution in [3.05, 3.63) is 53.5 Å². The maximum absolute atomic E-state index is 13.2. The van der Waals surface area contributed by atoms with Gasteiger partial charge >= 0.3 is 0 Å². The Bertz CT molecular complexity index is 1190. The number of nitrogens with one attached hydrogen (secondary N) is 1. The zero-order chi connectivity index (χ0) is 21.3. The van der Waals surface area contributed by atoms with E-state index in [4.69, 9.17) is 4.42 Å². The molecule has 0 saturated carbocycles. The standard InChI is InChI=1S/C23H26N4O2S/c1-5-15-9-8-10-16(6-2)21(15)24-22(28)20(7-3)30-23-18-13-19-17(11-12-29-19)27(18)14(4)25-26-23/h8-13,20H,5-7H2,1-4H3,(H,24,28). The molecule has 6 nitrogen and oxygen atoms in total. The highest BCUT2D eigenvalue weighted by molar-refractivity contribution is 8.00. The third-order valence-electron chi connectivity index (χ3n) is 5.42. The van der Waals surface area contributed by atoms with Crippen LogP contribution in [0.5, 0.6) is 0 Å². The second-order valence-corrected chi connectivity index (χ2v) is 8.44. The van der Waals surface area contributed by atoms with Gasteiger partial charge in [0.1, 0.15) is 10.9 Å². The van der Waals surface area contributed by atoms with Crippen LogP contribution in [0.4, 0.5) is 5.69 Å². The van der Waals surface area contributed by atoms with Crippen molar-refractivity contribution in [2.45, 2.75) is 57.2 Å². The maximum Gasteiger partial charge on any atom is 0.237 e. The minimum atomic E-state index is -0.276. The Kier molecular flexibility index (Phi) is 5.81. The molecule has 3 aromatic heterocycles. The number of para-hydroxylation sites is 1. The van der Waals surface area contributed by atoms with Crippen LogP contribution in [0.25, 0.3) is 16.6 Å². The van der Waals surface area contributed by atoms with E-state index in [1.54, 1.807) is 6.26 Å². The van der Waals surface area contributed by atoms with Crippen molar-refractivity contribution in [3.63, 3.8) is 0 Å². The smallest absolute Gasteiger partial charge is 0.237 e. The van der Waals surface area contributed by atoms with Crippen LogP contribution in [0.3, 0.4) is 0 Å². The number of hydrogen-bond donors (Lipinski definition) is 1. The van der Waals surface area contributed by atoms with Crippen molar-refractivity contribution in [1.29, 1.82) is 0 Å². The molecule has 1 atom stereocenters. The number of rotatable bonds is 7. The van der Waals surface area contributed by atoms with Gasteiger partial charge < -0.3 is 9.73 Å². The second-order valence-electron chi connectivity index (χ2n) is 7.25. The van der Waals surface area contributed by atoms with Crippen molar-refractivity contribution in [2.75, 3.05) is 5.32 Å².